The molecule has 1 aliphatic heterocycles. The van der Waals surface area contributed by atoms with Gasteiger partial charge < -0.3 is 9.64 Å². The monoisotopic (exact) mass is 329 g/mol. The van der Waals surface area contributed by atoms with Gasteiger partial charge in [-0.3, -0.25) is 9.69 Å². The van der Waals surface area contributed by atoms with Crippen LogP contribution in [0.3, 0.4) is 0 Å². The van der Waals surface area contributed by atoms with Gasteiger partial charge in [-0.05, 0) is 23.1 Å². The van der Waals surface area contributed by atoms with E-state index in [-0.39, 0.29) is 17.9 Å². The fourth-order valence-corrected chi connectivity index (χ4v) is 2.72. The van der Waals surface area contributed by atoms with E-state index in [1.54, 1.807) is 0 Å². The van der Waals surface area contributed by atoms with Crippen molar-refractivity contribution in [2.45, 2.75) is 32.6 Å². The van der Waals surface area contributed by atoms with Crippen molar-refractivity contribution in [1.82, 2.24) is 9.80 Å². The molecule has 24 heavy (non-hydrogen) atoms. The molecule has 1 amide bonds. The smallest absolute Gasteiger partial charge is 0.260 e. The highest BCUT2D eigenvalue weighted by Gasteiger charge is 2.21. The summed E-state index contributed by atoms with van der Waals surface area (Å²) in [6.07, 6.45) is 0.543. The van der Waals surface area contributed by atoms with Gasteiger partial charge in [0.1, 0.15) is 5.75 Å². The summed E-state index contributed by atoms with van der Waals surface area (Å²) in [4.78, 5) is 16.3. The van der Waals surface area contributed by atoms with Crippen molar-refractivity contribution in [3.8, 4) is 11.8 Å². The molecule has 5 nitrogen and oxygen atoms in total. The lowest BCUT2D eigenvalue weighted by molar-refractivity contribution is -0.135. The molecule has 0 radical (unpaired) electrons. The second kappa shape index (κ2) is 8.16. The van der Waals surface area contributed by atoms with Gasteiger partial charge in [-0.1, -0.05) is 32.9 Å². The molecule has 0 saturated carbocycles. The van der Waals surface area contributed by atoms with Gasteiger partial charge in [0, 0.05) is 39.1 Å². The third-order valence-electron chi connectivity index (χ3n) is 4.35. The second-order valence-electron chi connectivity index (χ2n) is 7.19. The van der Waals surface area contributed by atoms with Crippen LogP contribution in [0.25, 0.3) is 0 Å². The van der Waals surface area contributed by atoms with Crippen LogP contribution >= 0.6 is 0 Å². The van der Waals surface area contributed by atoms with E-state index in [2.05, 4.69) is 31.7 Å². The van der Waals surface area contributed by atoms with Crippen LogP contribution in [0.15, 0.2) is 24.3 Å². The first kappa shape index (κ1) is 18.3. The van der Waals surface area contributed by atoms with Crippen LogP contribution in [0, 0.1) is 11.3 Å². The number of nitrogens with zero attached hydrogens (tertiary/aromatic N) is 3. The van der Waals surface area contributed by atoms with E-state index < -0.39 is 0 Å². The first-order chi connectivity index (χ1) is 11.4. The highest BCUT2D eigenvalue weighted by Crippen LogP contribution is 2.24. The standard InChI is InChI=1S/C19H27N3O2/c1-19(2,3)16-5-7-17(8-6-16)24-15-18(23)22-13-11-21(12-14-22)10-4-9-20/h5-8H,4,10-15H2,1-3H3. The Labute approximate surface area is 144 Å². The van der Waals surface area contributed by atoms with Gasteiger partial charge in [0.05, 0.1) is 6.07 Å². The molecule has 0 unspecified atom stereocenters. The lowest BCUT2D eigenvalue weighted by Crippen LogP contribution is -2.50. The van der Waals surface area contributed by atoms with E-state index in [4.69, 9.17) is 10.00 Å². The van der Waals surface area contributed by atoms with Gasteiger partial charge >= 0.3 is 0 Å². The van der Waals surface area contributed by atoms with Crippen LogP contribution in [0.4, 0.5) is 0 Å². The SMILES string of the molecule is CC(C)(C)c1ccc(OCC(=O)N2CCN(CCC#N)CC2)cc1. The Morgan fingerprint density at radius 3 is 2.33 bits per heavy atom. The number of hydrogen-bond donors (Lipinski definition) is 0. The van der Waals surface area contributed by atoms with Crippen molar-refractivity contribution < 1.29 is 9.53 Å². The predicted molar refractivity (Wildman–Crippen MR) is 93.9 cm³/mol. The third kappa shape index (κ3) is 5.24. The zero-order valence-electron chi connectivity index (χ0n) is 14.9. The van der Waals surface area contributed by atoms with Crippen LogP contribution in [-0.2, 0) is 10.2 Å². The number of ether oxygens (including phenoxy) is 1. The van der Waals surface area contributed by atoms with Crippen molar-refractivity contribution in [1.29, 1.82) is 5.26 Å². The number of hydrogen-bond acceptors (Lipinski definition) is 4. The Morgan fingerprint density at radius 2 is 1.79 bits per heavy atom. The molecule has 1 aromatic carbocycles. The minimum absolute atomic E-state index is 0.0230. The summed E-state index contributed by atoms with van der Waals surface area (Å²) in [5, 5.41) is 8.62. The zero-order chi connectivity index (χ0) is 17.6. The highest BCUT2D eigenvalue weighted by molar-refractivity contribution is 5.77. The van der Waals surface area contributed by atoms with Crippen LogP contribution in [0.2, 0.25) is 0 Å². The Bertz CT molecular complexity index is 576. The average molecular weight is 329 g/mol. The Morgan fingerprint density at radius 1 is 1.17 bits per heavy atom. The number of benzene rings is 1. The lowest BCUT2D eigenvalue weighted by Gasteiger charge is -2.34. The molecule has 1 aromatic rings. The number of carbonyl (C=O) groups is 1. The van der Waals surface area contributed by atoms with Crippen molar-refractivity contribution in [2.24, 2.45) is 0 Å². The van der Waals surface area contributed by atoms with Crippen molar-refractivity contribution in [3.63, 3.8) is 0 Å². The van der Waals surface area contributed by atoms with Crippen molar-refractivity contribution in [3.05, 3.63) is 29.8 Å². The Balaban J connectivity index is 1.77. The van der Waals surface area contributed by atoms with Gasteiger partial charge in [0.15, 0.2) is 6.61 Å². The van der Waals surface area contributed by atoms with Gasteiger partial charge in [0.2, 0.25) is 0 Å². The van der Waals surface area contributed by atoms with E-state index in [1.165, 1.54) is 5.56 Å². The summed E-state index contributed by atoms with van der Waals surface area (Å²) in [5.41, 5.74) is 1.36. The van der Waals surface area contributed by atoms with Gasteiger partial charge in [-0.25, -0.2) is 0 Å². The maximum atomic E-state index is 12.2. The fraction of sp³-hybridized carbons (Fsp3) is 0.579. The molecule has 1 saturated heterocycles. The first-order valence-corrected chi connectivity index (χ1v) is 8.50. The molecular formula is C19H27N3O2. The number of piperazine rings is 1. The van der Waals surface area contributed by atoms with Crippen LogP contribution in [0.1, 0.15) is 32.8 Å². The van der Waals surface area contributed by atoms with E-state index in [0.717, 1.165) is 25.4 Å². The molecule has 0 aromatic heterocycles. The largest absolute Gasteiger partial charge is 0.484 e. The highest BCUT2D eigenvalue weighted by atomic mass is 16.5. The van der Waals surface area contributed by atoms with E-state index in [0.29, 0.717) is 19.5 Å². The summed E-state index contributed by atoms with van der Waals surface area (Å²) in [6, 6.07) is 10.1. The molecule has 5 heteroatoms. The van der Waals surface area contributed by atoms with E-state index >= 15 is 0 Å². The molecule has 1 heterocycles. The molecule has 0 aliphatic carbocycles. The number of carbonyl (C=O) groups excluding carboxylic acids is 1. The Hall–Kier alpha value is -2.06. The second-order valence-corrected chi connectivity index (χ2v) is 7.19. The number of amides is 1. The number of rotatable bonds is 5. The summed E-state index contributed by atoms with van der Waals surface area (Å²) in [7, 11) is 0. The van der Waals surface area contributed by atoms with Crippen LogP contribution < -0.4 is 4.74 Å². The summed E-state index contributed by atoms with van der Waals surface area (Å²) >= 11 is 0. The van der Waals surface area contributed by atoms with Gasteiger partial charge in [0.25, 0.3) is 5.91 Å². The summed E-state index contributed by atoms with van der Waals surface area (Å²) in [5.74, 6) is 0.749. The lowest BCUT2D eigenvalue weighted by atomic mass is 9.87. The normalized spacial score (nSPS) is 15.8. The number of nitriles is 1. The molecular weight excluding hydrogens is 302 g/mol. The predicted octanol–water partition coefficient (Wildman–Crippen LogP) is 2.42. The quantitative estimate of drug-likeness (QED) is 0.832. The van der Waals surface area contributed by atoms with E-state index in [9.17, 15) is 4.79 Å². The molecule has 0 atom stereocenters. The third-order valence-corrected chi connectivity index (χ3v) is 4.35. The van der Waals surface area contributed by atoms with Crippen LogP contribution in [-0.4, -0.2) is 55.0 Å². The maximum absolute atomic E-state index is 12.2. The first-order valence-electron chi connectivity index (χ1n) is 8.50. The molecule has 0 spiro atoms. The summed E-state index contributed by atoms with van der Waals surface area (Å²) in [6.45, 7) is 10.4. The van der Waals surface area contributed by atoms with Gasteiger partial charge in [-0.2, -0.15) is 5.26 Å². The maximum Gasteiger partial charge on any atom is 0.260 e. The van der Waals surface area contributed by atoms with Gasteiger partial charge in [-0.15, -0.1) is 0 Å². The molecule has 0 bridgehead atoms. The fourth-order valence-electron chi connectivity index (χ4n) is 2.72. The molecule has 1 aliphatic rings. The van der Waals surface area contributed by atoms with E-state index in [1.807, 2.05) is 29.2 Å². The average Bonchev–Trinajstić information content (AvgIpc) is 2.58. The molecule has 0 N–H and O–H groups in total. The minimum atomic E-state index is 0.0230. The minimum Gasteiger partial charge on any atom is -0.484 e. The summed E-state index contributed by atoms with van der Waals surface area (Å²) < 4.78 is 5.63. The zero-order valence-corrected chi connectivity index (χ0v) is 14.9. The Kier molecular flexibility index (Phi) is 6.22. The van der Waals surface area contributed by atoms with Crippen molar-refractivity contribution in [2.75, 3.05) is 39.3 Å². The molecule has 130 valence electrons. The molecule has 1 fully saturated rings. The van der Waals surface area contributed by atoms with Crippen molar-refractivity contribution >= 4 is 5.91 Å². The van der Waals surface area contributed by atoms with Crippen LogP contribution in [0.5, 0.6) is 5.75 Å². The molecule has 2 rings (SSSR count). The topological polar surface area (TPSA) is 56.6 Å².